The van der Waals surface area contributed by atoms with Crippen LogP contribution in [0.25, 0.3) is 23.3 Å². The number of nitrogens with two attached hydrogens (primary N) is 2. The average Bonchev–Trinajstić information content (AvgIpc) is 2.69. The first-order chi connectivity index (χ1) is 39.4. The monoisotopic (exact) mass is 1180 g/mol. The number of rotatable bonds is 23. The van der Waals surface area contributed by atoms with E-state index in [9.17, 15) is 27.6 Å². The molecule has 4 amide bonds. The van der Waals surface area contributed by atoms with Gasteiger partial charge in [-0.2, -0.15) is 4.31 Å². The number of benzene rings is 3. The number of alkyl carbamates (subject to hydrolysis) is 2. The van der Waals surface area contributed by atoms with E-state index in [0.29, 0.717) is 112 Å². The van der Waals surface area contributed by atoms with E-state index in [0.717, 1.165) is 41.5 Å². The molecule has 456 valence electrons. The van der Waals surface area contributed by atoms with E-state index in [1.165, 1.54) is 4.31 Å². The largest absolute Gasteiger partial charge is 0.494 e. The first-order valence-corrected chi connectivity index (χ1v) is 30.9. The van der Waals surface area contributed by atoms with Crippen LogP contribution in [-0.4, -0.2) is 165 Å². The third-order valence-corrected chi connectivity index (χ3v) is 17.0. The van der Waals surface area contributed by atoms with Gasteiger partial charge in [0, 0.05) is 94.0 Å². The second kappa shape index (κ2) is 27.2. The van der Waals surface area contributed by atoms with Crippen LogP contribution in [-0.2, 0) is 38.4 Å². The zero-order valence-corrected chi connectivity index (χ0v) is 52.2. The van der Waals surface area contributed by atoms with Crippen LogP contribution in [0.2, 0.25) is 0 Å². The molecule has 0 radical (unpaired) electrons. The average molecular weight is 1180 g/mol. The highest BCUT2D eigenvalue weighted by atomic mass is 32.2. The SMILES string of the molecule is CCCN(CCCNC(=O)OC(C)(C)C)C(=O)C1=Cc2ccc(-c3cccc(S(=O)(=O)N4CC(CN(C)CCCCN(CCCNC(=O)OC(C)(C)C)C(=O)C5=Cc6ccc(B7OC(C)(C)C(C)(C)O7)cc6N=C(N)C5)C4)c3)cc2N=C(N)C1. The van der Waals surface area contributed by atoms with Crippen molar-refractivity contribution in [1.29, 1.82) is 0 Å². The molecular weight excluding hydrogens is 1090 g/mol. The van der Waals surface area contributed by atoms with Gasteiger partial charge >= 0.3 is 19.3 Å². The van der Waals surface area contributed by atoms with Gasteiger partial charge in [0.05, 0.1) is 27.5 Å². The Hall–Kier alpha value is -6.59. The van der Waals surface area contributed by atoms with Gasteiger partial charge in [-0.3, -0.25) is 9.59 Å². The van der Waals surface area contributed by atoms with Gasteiger partial charge in [0.1, 0.15) is 22.9 Å². The normalized spacial score (nSPS) is 17.0. The topological polar surface area (TPSA) is 253 Å². The number of unbranched alkanes of at least 4 members (excludes halogenated alkanes) is 1. The van der Waals surface area contributed by atoms with E-state index >= 15 is 0 Å². The highest BCUT2D eigenvalue weighted by Crippen LogP contribution is 2.38. The fraction of sp³-hybridized carbons (Fsp3) is 0.548. The van der Waals surface area contributed by atoms with Crippen LogP contribution in [0, 0.1) is 5.92 Å². The zero-order chi connectivity index (χ0) is 61.4. The molecule has 4 aliphatic heterocycles. The summed E-state index contributed by atoms with van der Waals surface area (Å²) in [5.41, 5.74) is 16.6. The van der Waals surface area contributed by atoms with Gasteiger partial charge in [-0.05, 0) is 174 Å². The lowest BCUT2D eigenvalue weighted by Crippen LogP contribution is -2.53. The second-order valence-electron chi connectivity index (χ2n) is 25.4. The molecule has 20 nitrogen and oxygen atoms in total. The third-order valence-electron chi connectivity index (χ3n) is 15.2. The molecule has 2 fully saturated rings. The van der Waals surface area contributed by atoms with Crippen molar-refractivity contribution in [3.05, 3.63) is 82.9 Å². The highest BCUT2D eigenvalue weighted by Gasteiger charge is 2.52. The molecule has 84 heavy (non-hydrogen) atoms. The van der Waals surface area contributed by atoms with E-state index < -0.39 is 51.7 Å². The summed E-state index contributed by atoms with van der Waals surface area (Å²) in [5, 5.41) is 5.56. The van der Waals surface area contributed by atoms with Gasteiger partial charge in [0.15, 0.2) is 0 Å². The predicted molar refractivity (Wildman–Crippen MR) is 332 cm³/mol. The molecule has 0 aliphatic carbocycles. The number of carbonyl (C=O) groups is 4. The Morgan fingerprint density at radius 3 is 1.71 bits per heavy atom. The van der Waals surface area contributed by atoms with Crippen molar-refractivity contribution in [3.8, 4) is 11.1 Å². The second-order valence-corrected chi connectivity index (χ2v) is 27.4. The molecule has 0 atom stereocenters. The third kappa shape index (κ3) is 17.5. The lowest BCUT2D eigenvalue weighted by atomic mass is 9.78. The smallest absolute Gasteiger partial charge is 0.444 e. The molecule has 0 bridgehead atoms. The molecule has 4 heterocycles. The van der Waals surface area contributed by atoms with Crippen LogP contribution < -0.4 is 27.6 Å². The number of carbonyl (C=O) groups excluding carboxylic acids is 4. The molecule has 3 aromatic carbocycles. The summed E-state index contributed by atoms with van der Waals surface area (Å²) in [7, 11) is -2.35. The summed E-state index contributed by atoms with van der Waals surface area (Å²) in [6.45, 7) is 25.6. The molecule has 22 heteroatoms. The minimum atomic E-state index is -3.80. The number of aliphatic imine (C=N–C) groups is 2. The van der Waals surface area contributed by atoms with Gasteiger partial charge in [0.2, 0.25) is 21.8 Å². The van der Waals surface area contributed by atoms with Crippen LogP contribution in [0.1, 0.15) is 132 Å². The minimum Gasteiger partial charge on any atom is -0.444 e. The Labute approximate surface area is 498 Å². The molecule has 0 saturated carbocycles. The highest BCUT2D eigenvalue weighted by molar-refractivity contribution is 7.89. The number of amidine groups is 2. The summed E-state index contributed by atoms with van der Waals surface area (Å²) in [6, 6.07) is 18.3. The fourth-order valence-corrected chi connectivity index (χ4v) is 11.9. The van der Waals surface area contributed by atoms with Crippen molar-refractivity contribution in [1.82, 2.24) is 29.6 Å². The van der Waals surface area contributed by atoms with E-state index in [1.807, 2.05) is 101 Å². The van der Waals surface area contributed by atoms with Crippen LogP contribution in [0.15, 0.2) is 86.7 Å². The lowest BCUT2D eigenvalue weighted by molar-refractivity contribution is -0.128. The number of sulfonamides is 1. The molecule has 4 aliphatic rings. The summed E-state index contributed by atoms with van der Waals surface area (Å²) >= 11 is 0. The summed E-state index contributed by atoms with van der Waals surface area (Å²) < 4.78 is 53.0. The van der Waals surface area contributed by atoms with Gasteiger partial charge in [0.25, 0.3) is 0 Å². The van der Waals surface area contributed by atoms with Crippen LogP contribution in [0.3, 0.4) is 0 Å². The van der Waals surface area contributed by atoms with Crippen LogP contribution >= 0.6 is 0 Å². The number of hydrogen-bond donors (Lipinski definition) is 4. The van der Waals surface area contributed by atoms with E-state index in [-0.39, 0.29) is 41.3 Å². The predicted octanol–water partition coefficient (Wildman–Crippen LogP) is 8.13. The van der Waals surface area contributed by atoms with Crippen molar-refractivity contribution in [2.45, 2.75) is 148 Å². The summed E-state index contributed by atoms with van der Waals surface area (Å²) in [6.07, 6.45) is 6.29. The maximum atomic E-state index is 14.5. The van der Waals surface area contributed by atoms with Crippen molar-refractivity contribution >= 4 is 81.8 Å². The first-order valence-electron chi connectivity index (χ1n) is 29.4. The van der Waals surface area contributed by atoms with Crippen molar-refractivity contribution < 1.29 is 46.4 Å². The van der Waals surface area contributed by atoms with Crippen molar-refractivity contribution in [2.24, 2.45) is 27.4 Å². The van der Waals surface area contributed by atoms with Gasteiger partial charge in [-0.25, -0.2) is 28.0 Å². The van der Waals surface area contributed by atoms with Gasteiger partial charge in [-0.1, -0.05) is 43.3 Å². The van der Waals surface area contributed by atoms with E-state index in [2.05, 4.69) is 20.5 Å². The number of fused-ring (bicyclic) bond motifs is 2. The van der Waals surface area contributed by atoms with Gasteiger partial charge in [-0.15, -0.1) is 0 Å². The Morgan fingerprint density at radius 2 is 1.18 bits per heavy atom. The molecule has 0 aromatic heterocycles. The number of nitrogens with one attached hydrogen (secondary N) is 2. The Morgan fingerprint density at radius 1 is 0.690 bits per heavy atom. The van der Waals surface area contributed by atoms with E-state index in [4.69, 9.17) is 35.2 Å². The molecule has 0 unspecified atom stereocenters. The molecule has 3 aromatic rings. The molecule has 6 N–H and O–H groups in total. The van der Waals surface area contributed by atoms with Crippen LogP contribution in [0.4, 0.5) is 21.0 Å². The maximum Gasteiger partial charge on any atom is 0.494 e. The lowest BCUT2D eigenvalue weighted by Gasteiger charge is -2.40. The van der Waals surface area contributed by atoms with Gasteiger partial charge < -0.3 is 55.6 Å². The van der Waals surface area contributed by atoms with E-state index in [1.54, 1.807) is 64.6 Å². The summed E-state index contributed by atoms with van der Waals surface area (Å²) in [4.78, 5) is 68.4. The Kier molecular flexibility index (Phi) is 21.0. The summed E-state index contributed by atoms with van der Waals surface area (Å²) in [5.74, 6) is 0.432. The number of hydrogen-bond acceptors (Lipinski definition) is 15. The molecule has 0 spiro atoms. The molecule has 2 saturated heterocycles. The fourth-order valence-electron chi connectivity index (χ4n) is 10.3. The van der Waals surface area contributed by atoms with Crippen molar-refractivity contribution in [3.63, 3.8) is 0 Å². The van der Waals surface area contributed by atoms with Crippen LogP contribution in [0.5, 0.6) is 0 Å². The quantitative estimate of drug-likeness (QED) is 0.0518. The molecule has 7 rings (SSSR count). The Bertz CT molecular complexity index is 3120. The first kappa shape index (κ1) is 65.0. The maximum absolute atomic E-state index is 14.5. The number of ether oxygens (including phenoxy) is 2. The number of nitrogens with zero attached hydrogens (tertiary/aromatic N) is 6. The van der Waals surface area contributed by atoms with Crippen molar-refractivity contribution in [2.75, 3.05) is 72.5 Å². The molecular formula is C62H89BN10O10S. The standard InChI is InChI=1S/C62H89BN10O10S/c1-13-27-71(30-17-25-66-57(76)80-59(2,3)4)55(74)47-32-45-22-21-44(35-51(45)68-53(64)36-47)43-19-16-20-50(34-43)84(78,79)73-40-42(41-73)39-70(12)28-14-15-29-72(31-18-26-67-58(77)81-60(5,6)7)56(75)48-33-46-23-24-49(38-52(46)69-54(65)37-48)63-82-61(8,9)62(10,11)83-63/h16,19-24,32-35,38,42H,13-15,17-18,25-31,36-37,39-41H2,1-12H3,(H2,64,68)(H2,65,69)(H,66,76)(H,67,77). The minimum absolute atomic E-state index is 0.140. The Balaban J connectivity index is 0.925. The zero-order valence-electron chi connectivity index (χ0n) is 51.4. The number of amides is 4.